The zero-order chi connectivity index (χ0) is 10.1. The summed E-state index contributed by atoms with van der Waals surface area (Å²) in [6.45, 7) is 2.06. The predicted octanol–water partition coefficient (Wildman–Crippen LogP) is 1.02. The maximum Gasteiger partial charge on any atom is 0.247 e. The molecular weight excluding hydrogens is 190 g/mol. The Morgan fingerprint density at radius 1 is 1.13 bits per heavy atom. The molecule has 2 aromatic rings. The summed E-state index contributed by atoms with van der Waals surface area (Å²) in [5, 5.41) is 8.22. The summed E-state index contributed by atoms with van der Waals surface area (Å²) >= 11 is 0. The fraction of sp³-hybridized carbons (Fsp3) is 0.400. The minimum Gasteiger partial charge on any atom is -0.339 e. The van der Waals surface area contributed by atoms with E-state index in [-0.39, 0.29) is 0 Å². The fourth-order valence-corrected chi connectivity index (χ4v) is 1.82. The van der Waals surface area contributed by atoms with Gasteiger partial charge in [0.1, 0.15) is 5.52 Å². The molecule has 5 heteroatoms. The van der Waals surface area contributed by atoms with Gasteiger partial charge in [-0.1, -0.05) is 0 Å². The van der Waals surface area contributed by atoms with Gasteiger partial charge in [0, 0.05) is 19.3 Å². The van der Waals surface area contributed by atoms with Crippen molar-refractivity contribution >= 4 is 17.1 Å². The van der Waals surface area contributed by atoms with Gasteiger partial charge in [-0.05, 0) is 25.0 Å². The third kappa shape index (κ3) is 1.49. The van der Waals surface area contributed by atoms with Crippen molar-refractivity contribution in [2.24, 2.45) is 0 Å². The number of fused-ring (bicyclic) bond motifs is 1. The van der Waals surface area contributed by atoms with E-state index in [0.717, 1.165) is 18.6 Å². The topological polar surface area (TPSA) is 54.8 Å². The normalized spacial score (nSPS) is 16.1. The third-order valence-corrected chi connectivity index (χ3v) is 2.61. The Morgan fingerprint density at radius 3 is 2.87 bits per heavy atom. The molecule has 76 valence electrons. The molecule has 5 nitrogen and oxygen atoms in total. The minimum atomic E-state index is 0.675. The number of hydrogen-bond donors (Lipinski definition) is 0. The molecule has 3 heterocycles. The Bertz CT molecular complexity index is 478. The van der Waals surface area contributed by atoms with Crippen molar-refractivity contribution in [1.82, 2.24) is 20.2 Å². The second kappa shape index (κ2) is 3.42. The minimum absolute atomic E-state index is 0.675. The SMILES string of the molecule is c1cnc2nc(N3CCCC3)nnc2c1. The van der Waals surface area contributed by atoms with E-state index < -0.39 is 0 Å². The van der Waals surface area contributed by atoms with Crippen LogP contribution in [0.15, 0.2) is 18.3 Å². The monoisotopic (exact) mass is 201 g/mol. The zero-order valence-corrected chi connectivity index (χ0v) is 8.30. The lowest BCUT2D eigenvalue weighted by Crippen LogP contribution is -2.20. The number of pyridine rings is 1. The molecule has 1 aliphatic heterocycles. The Morgan fingerprint density at radius 2 is 2.00 bits per heavy atom. The molecule has 0 amide bonds. The number of nitrogens with zero attached hydrogens (tertiary/aromatic N) is 5. The quantitative estimate of drug-likeness (QED) is 0.689. The maximum absolute atomic E-state index is 4.40. The molecule has 0 aliphatic carbocycles. The molecule has 0 N–H and O–H groups in total. The first-order valence-electron chi connectivity index (χ1n) is 5.14. The number of anilines is 1. The molecule has 3 rings (SSSR count). The van der Waals surface area contributed by atoms with E-state index in [1.165, 1.54) is 12.8 Å². The van der Waals surface area contributed by atoms with Crippen LogP contribution < -0.4 is 4.90 Å². The van der Waals surface area contributed by atoms with Crippen molar-refractivity contribution in [3.8, 4) is 0 Å². The van der Waals surface area contributed by atoms with Gasteiger partial charge in [-0.3, -0.25) is 0 Å². The lowest BCUT2D eigenvalue weighted by Gasteiger charge is -2.13. The summed E-state index contributed by atoms with van der Waals surface area (Å²) < 4.78 is 0. The van der Waals surface area contributed by atoms with Crippen molar-refractivity contribution in [3.63, 3.8) is 0 Å². The fourth-order valence-electron chi connectivity index (χ4n) is 1.82. The van der Waals surface area contributed by atoms with E-state index in [2.05, 4.69) is 25.1 Å². The van der Waals surface area contributed by atoms with Gasteiger partial charge in [0.05, 0.1) is 0 Å². The molecule has 0 atom stereocenters. The standard InChI is InChI=1S/C10H11N5/c1-2-7-15(6-1)10-12-9-8(13-14-10)4-3-5-11-9/h3-5H,1-2,6-7H2. The van der Waals surface area contributed by atoms with Crippen LogP contribution in [0.3, 0.4) is 0 Å². The van der Waals surface area contributed by atoms with Gasteiger partial charge in [-0.15, -0.1) is 10.2 Å². The van der Waals surface area contributed by atoms with Crippen molar-refractivity contribution in [3.05, 3.63) is 18.3 Å². The average molecular weight is 201 g/mol. The van der Waals surface area contributed by atoms with Gasteiger partial charge >= 0.3 is 0 Å². The van der Waals surface area contributed by atoms with Crippen LogP contribution in [0.1, 0.15) is 12.8 Å². The summed E-state index contributed by atoms with van der Waals surface area (Å²) in [6.07, 6.45) is 4.15. The van der Waals surface area contributed by atoms with E-state index in [0.29, 0.717) is 11.6 Å². The van der Waals surface area contributed by atoms with Crippen LogP contribution >= 0.6 is 0 Å². The van der Waals surface area contributed by atoms with Crippen LogP contribution in [-0.2, 0) is 0 Å². The summed E-state index contributed by atoms with van der Waals surface area (Å²) in [4.78, 5) is 10.7. The molecule has 0 bridgehead atoms. The average Bonchev–Trinajstić information content (AvgIpc) is 2.82. The predicted molar refractivity (Wildman–Crippen MR) is 56.6 cm³/mol. The number of hydrogen-bond acceptors (Lipinski definition) is 5. The molecule has 1 saturated heterocycles. The summed E-state index contributed by atoms with van der Waals surface area (Å²) in [5.41, 5.74) is 1.43. The molecule has 2 aromatic heterocycles. The van der Waals surface area contributed by atoms with Gasteiger partial charge in [-0.2, -0.15) is 4.98 Å². The lowest BCUT2D eigenvalue weighted by molar-refractivity contribution is 0.866. The first kappa shape index (κ1) is 8.52. The van der Waals surface area contributed by atoms with Gasteiger partial charge < -0.3 is 4.90 Å². The van der Waals surface area contributed by atoms with E-state index in [4.69, 9.17) is 0 Å². The van der Waals surface area contributed by atoms with E-state index in [9.17, 15) is 0 Å². The van der Waals surface area contributed by atoms with Crippen LogP contribution in [0.2, 0.25) is 0 Å². The number of aromatic nitrogens is 4. The van der Waals surface area contributed by atoms with E-state index in [1.54, 1.807) is 6.20 Å². The van der Waals surface area contributed by atoms with Gasteiger partial charge in [0.2, 0.25) is 5.95 Å². The van der Waals surface area contributed by atoms with Crippen molar-refractivity contribution in [2.75, 3.05) is 18.0 Å². The highest BCUT2D eigenvalue weighted by Crippen LogP contribution is 2.15. The molecule has 1 aliphatic rings. The highest BCUT2D eigenvalue weighted by Gasteiger charge is 2.15. The lowest BCUT2D eigenvalue weighted by atomic mass is 10.4. The van der Waals surface area contributed by atoms with Crippen molar-refractivity contribution < 1.29 is 0 Å². The Labute approximate surface area is 87.2 Å². The second-order valence-electron chi connectivity index (χ2n) is 3.65. The second-order valence-corrected chi connectivity index (χ2v) is 3.65. The van der Waals surface area contributed by atoms with Crippen LogP contribution in [-0.4, -0.2) is 33.3 Å². The Balaban J connectivity index is 2.05. The summed E-state index contributed by atoms with van der Waals surface area (Å²) in [5.74, 6) is 0.707. The smallest absolute Gasteiger partial charge is 0.247 e. The first-order valence-corrected chi connectivity index (χ1v) is 5.14. The molecule has 0 saturated carbocycles. The first-order chi connectivity index (χ1) is 7.43. The van der Waals surface area contributed by atoms with Crippen LogP contribution in [0.25, 0.3) is 11.2 Å². The molecule has 15 heavy (non-hydrogen) atoms. The Hall–Kier alpha value is -1.78. The number of rotatable bonds is 1. The van der Waals surface area contributed by atoms with Crippen molar-refractivity contribution in [1.29, 1.82) is 0 Å². The molecule has 0 radical (unpaired) electrons. The largest absolute Gasteiger partial charge is 0.339 e. The summed E-state index contributed by atoms with van der Waals surface area (Å²) in [6, 6.07) is 3.71. The molecule has 0 aromatic carbocycles. The maximum atomic E-state index is 4.40. The van der Waals surface area contributed by atoms with Crippen LogP contribution in [0, 0.1) is 0 Å². The molecule has 0 unspecified atom stereocenters. The van der Waals surface area contributed by atoms with E-state index in [1.807, 2.05) is 12.1 Å². The summed E-state index contributed by atoms with van der Waals surface area (Å²) in [7, 11) is 0. The van der Waals surface area contributed by atoms with Gasteiger partial charge in [0.15, 0.2) is 5.65 Å². The van der Waals surface area contributed by atoms with Crippen molar-refractivity contribution in [2.45, 2.75) is 12.8 Å². The zero-order valence-electron chi connectivity index (χ0n) is 8.30. The van der Waals surface area contributed by atoms with Crippen LogP contribution in [0.4, 0.5) is 5.95 Å². The Kier molecular flexibility index (Phi) is 1.94. The van der Waals surface area contributed by atoms with Crippen LogP contribution in [0.5, 0.6) is 0 Å². The molecule has 0 spiro atoms. The third-order valence-electron chi connectivity index (χ3n) is 2.61. The highest BCUT2D eigenvalue weighted by molar-refractivity contribution is 5.69. The highest BCUT2D eigenvalue weighted by atomic mass is 15.3. The molecule has 1 fully saturated rings. The van der Waals surface area contributed by atoms with E-state index >= 15 is 0 Å². The molecular formula is C10H11N5. The van der Waals surface area contributed by atoms with Gasteiger partial charge in [0.25, 0.3) is 0 Å². The van der Waals surface area contributed by atoms with Gasteiger partial charge in [-0.25, -0.2) is 4.98 Å².